The van der Waals surface area contributed by atoms with Crippen molar-refractivity contribution in [3.63, 3.8) is 0 Å². The summed E-state index contributed by atoms with van der Waals surface area (Å²) in [6.07, 6.45) is 3.00. The van der Waals surface area contributed by atoms with Crippen LogP contribution in [0.1, 0.15) is 79.4 Å². The number of fused-ring (bicyclic) bond motifs is 1. The lowest BCUT2D eigenvalue weighted by atomic mass is 9.63. The number of carboxylic acids is 1. The van der Waals surface area contributed by atoms with Crippen LogP contribution in [0, 0.1) is 11.8 Å². The number of benzene rings is 1. The van der Waals surface area contributed by atoms with E-state index in [1.165, 1.54) is 21.8 Å². The number of rotatable bonds is 2. The predicted octanol–water partition coefficient (Wildman–Crippen LogP) is 4.16. The Morgan fingerprint density at radius 3 is 2.33 bits per heavy atom. The van der Waals surface area contributed by atoms with Crippen LogP contribution in [0.15, 0.2) is 30.5 Å². The molecule has 2 aromatic rings. The fourth-order valence-electron chi connectivity index (χ4n) is 3.86. The minimum Gasteiger partial charge on any atom is -0.477 e. The molecule has 1 atom stereocenters. The molecule has 1 aromatic carbocycles. The Kier molecular flexibility index (Phi) is 4.69. The first kappa shape index (κ1) is 19.3. The average molecular weight is 365 g/mol. The summed E-state index contributed by atoms with van der Waals surface area (Å²) < 4.78 is 1.52. The molecule has 0 spiro atoms. The van der Waals surface area contributed by atoms with Crippen LogP contribution in [0.4, 0.5) is 0 Å². The molecule has 0 saturated carbocycles. The molecule has 2 N–H and O–H groups in total. The van der Waals surface area contributed by atoms with Crippen LogP contribution >= 0.6 is 0 Å². The van der Waals surface area contributed by atoms with Gasteiger partial charge in [-0.1, -0.05) is 57.7 Å². The third-order valence-electron chi connectivity index (χ3n) is 5.77. The molecule has 0 bridgehead atoms. The van der Waals surface area contributed by atoms with E-state index in [0.29, 0.717) is 5.56 Å². The summed E-state index contributed by atoms with van der Waals surface area (Å²) in [6.45, 7) is 9.04. The summed E-state index contributed by atoms with van der Waals surface area (Å²) in [5.41, 5.74) is 4.37. The molecule has 1 heterocycles. The number of nitrogens with zero attached hydrogens (tertiary/aromatic N) is 1. The van der Waals surface area contributed by atoms with Crippen molar-refractivity contribution in [2.75, 3.05) is 0 Å². The lowest BCUT2D eigenvalue weighted by Gasteiger charge is -2.42. The Bertz CT molecular complexity index is 954. The minimum atomic E-state index is -0.995. The summed E-state index contributed by atoms with van der Waals surface area (Å²) in [7, 11) is 1.67. The Morgan fingerprint density at radius 2 is 1.74 bits per heavy atom. The minimum absolute atomic E-state index is 0.0732. The molecule has 0 fully saturated rings. The van der Waals surface area contributed by atoms with Crippen molar-refractivity contribution in [2.45, 2.75) is 57.5 Å². The highest BCUT2D eigenvalue weighted by Crippen LogP contribution is 2.46. The second-order valence-corrected chi connectivity index (χ2v) is 8.77. The van der Waals surface area contributed by atoms with E-state index in [9.17, 15) is 9.90 Å². The molecule has 4 nitrogen and oxygen atoms in total. The Balaban J connectivity index is 1.92. The number of carboxylic acid groups (broad SMARTS) is 1. The lowest BCUT2D eigenvalue weighted by molar-refractivity contribution is 0.0686. The van der Waals surface area contributed by atoms with Gasteiger partial charge in [-0.2, -0.15) is 0 Å². The van der Waals surface area contributed by atoms with Gasteiger partial charge in [0.2, 0.25) is 0 Å². The Morgan fingerprint density at radius 1 is 1.11 bits per heavy atom. The number of aliphatic hydroxyl groups excluding tert-OH is 1. The van der Waals surface area contributed by atoms with Gasteiger partial charge in [0, 0.05) is 18.8 Å². The summed E-state index contributed by atoms with van der Waals surface area (Å²) in [6, 6.07) is 7.68. The summed E-state index contributed by atoms with van der Waals surface area (Å²) in [5, 5.41) is 19.7. The molecule has 0 amide bonds. The van der Waals surface area contributed by atoms with Crippen molar-refractivity contribution in [2.24, 2.45) is 7.05 Å². The molecule has 27 heavy (non-hydrogen) atoms. The van der Waals surface area contributed by atoms with Crippen molar-refractivity contribution >= 4 is 5.97 Å². The standard InChI is InChI=1S/C23H27NO3/c1-22(2)10-11-23(3,4)18-13-16(7-8-17(18)22)20(25)9-6-15-12-19(21(26)27)24(5)14-15/h7-8,12-14,20,25H,10-11H2,1-5H3,(H,26,27). The predicted molar refractivity (Wildman–Crippen MR) is 106 cm³/mol. The van der Waals surface area contributed by atoms with E-state index in [0.717, 1.165) is 18.4 Å². The van der Waals surface area contributed by atoms with Crippen LogP contribution in [0.2, 0.25) is 0 Å². The van der Waals surface area contributed by atoms with Crippen molar-refractivity contribution in [3.8, 4) is 11.8 Å². The molecule has 1 aliphatic rings. The molecule has 1 unspecified atom stereocenters. The highest BCUT2D eigenvalue weighted by molar-refractivity contribution is 5.86. The zero-order valence-electron chi connectivity index (χ0n) is 16.6. The maximum atomic E-state index is 11.1. The zero-order valence-corrected chi connectivity index (χ0v) is 16.6. The first-order chi connectivity index (χ1) is 12.5. The number of hydrogen-bond donors (Lipinski definition) is 2. The molecular formula is C23H27NO3. The first-order valence-corrected chi connectivity index (χ1v) is 9.25. The van der Waals surface area contributed by atoms with E-state index in [1.54, 1.807) is 13.2 Å². The van der Waals surface area contributed by atoms with Crippen molar-refractivity contribution in [1.29, 1.82) is 0 Å². The maximum Gasteiger partial charge on any atom is 0.352 e. The fourth-order valence-corrected chi connectivity index (χ4v) is 3.86. The van der Waals surface area contributed by atoms with Gasteiger partial charge in [0.1, 0.15) is 11.8 Å². The second kappa shape index (κ2) is 6.58. The van der Waals surface area contributed by atoms with Crippen LogP contribution in [0.5, 0.6) is 0 Å². The van der Waals surface area contributed by atoms with Crippen LogP contribution in [0.25, 0.3) is 0 Å². The van der Waals surface area contributed by atoms with Crippen LogP contribution in [0.3, 0.4) is 0 Å². The molecule has 0 saturated heterocycles. The van der Waals surface area contributed by atoms with Gasteiger partial charge in [0.05, 0.1) is 0 Å². The smallest absolute Gasteiger partial charge is 0.352 e. The van der Waals surface area contributed by atoms with E-state index >= 15 is 0 Å². The van der Waals surface area contributed by atoms with Gasteiger partial charge in [-0.25, -0.2) is 4.79 Å². The van der Waals surface area contributed by atoms with Gasteiger partial charge in [-0.05, 0) is 46.4 Å². The highest BCUT2D eigenvalue weighted by Gasteiger charge is 2.37. The third-order valence-corrected chi connectivity index (χ3v) is 5.77. The van der Waals surface area contributed by atoms with E-state index in [4.69, 9.17) is 5.11 Å². The quantitative estimate of drug-likeness (QED) is 0.786. The normalized spacial score (nSPS) is 18.1. The fraction of sp³-hybridized carbons (Fsp3) is 0.435. The third kappa shape index (κ3) is 3.65. The van der Waals surface area contributed by atoms with Crippen molar-refractivity contribution in [3.05, 3.63) is 58.4 Å². The SMILES string of the molecule is Cn1cc(C#CC(O)c2ccc3c(c2)C(C)(C)CCC3(C)C)cc1C(=O)O. The lowest BCUT2D eigenvalue weighted by Crippen LogP contribution is -2.34. The molecule has 1 aliphatic carbocycles. The number of carbonyl (C=O) groups is 1. The number of aromatic nitrogens is 1. The molecule has 4 heteroatoms. The Hall–Kier alpha value is -2.51. The summed E-state index contributed by atoms with van der Waals surface area (Å²) >= 11 is 0. The molecule has 0 radical (unpaired) electrons. The van der Waals surface area contributed by atoms with Gasteiger partial charge < -0.3 is 14.8 Å². The van der Waals surface area contributed by atoms with Gasteiger partial charge >= 0.3 is 5.97 Å². The highest BCUT2D eigenvalue weighted by atomic mass is 16.4. The maximum absolute atomic E-state index is 11.1. The first-order valence-electron chi connectivity index (χ1n) is 9.25. The van der Waals surface area contributed by atoms with E-state index in [-0.39, 0.29) is 16.5 Å². The average Bonchev–Trinajstić information content (AvgIpc) is 2.98. The number of aryl methyl sites for hydroxylation is 1. The number of aliphatic hydroxyl groups is 1. The molecule has 3 rings (SSSR count). The largest absolute Gasteiger partial charge is 0.477 e. The van der Waals surface area contributed by atoms with Gasteiger partial charge in [-0.15, -0.1) is 0 Å². The molecule has 1 aromatic heterocycles. The van der Waals surface area contributed by atoms with Crippen molar-refractivity contribution < 1.29 is 15.0 Å². The molecular weight excluding hydrogens is 338 g/mol. The van der Waals surface area contributed by atoms with Crippen LogP contribution < -0.4 is 0 Å². The van der Waals surface area contributed by atoms with Gasteiger partial charge in [0.25, 0.3) is 0 Å². The van der Waals surface area contributed by atoms with Crippen LogP contribution in [-0.4, -0.2) is 20.7 Å². The summed E-state index contributed by atoms with van der Waals surface area (Å²) in [5.74, 6) is 4.75. The zero-order chi connectivity index (χ0) is 20.0. The summed E-state index contributed by atoms with van der Waals surface area (Å²) in [4.78, 5) is 11.1. The second-order valence-electron chi connectivity index (χ2n) is 8.77. The topological polar surface area (TPSA) is 62.5 Å². The Labute approximate surface area is 160 Å². The molecule has 0 aliphatic heterocycles. The van der Waals surface area contributed by atoms with Gasteiger partial charge in [-0.3, -0.25) is 0 Å². The van der Waals surface area contributed by atoms with E-state index in [2.05, 4.69) is 51.7 Å². The van der Waals surface area contributed by atoms with Gasteiger partial charge in [0.15, 0.2) is 0 Å². The monoisotopic (exact) mass is 365 g/mol. The number of aromatic carboxylic acids is 1. The van der Waals surface area contributed by atoms with E-state index in [1.807, 2.05) is 6.07 Å². The number of hydrogen-bond acceptors (Lipinski definition) is 2. The molecule has 142 valence electrons. The van der Waals surface area contributed by atoms with Crippen LogP contribution in [-0.2, 0) is 17.9 Å². The van der Waals surface area contributed by atoms with E-state index < -0.39 is 12.1 Å². The van der Waals surface area contributed by atoms with Crippen molar-refractivity contribution in [1.82, 2.24) is 4.57 Å².